The smallest absolute Gasteiger partial charge is 0.458 e. The van der Waals surface area contributed by atoms with Crippen molar-refractivity contribution in [2.24, 2.45) is 23.7 Å². The van der Waals surface area contributed by atoms with E-state index in [1.807, 2.05) is 67.2 Å². The molecule has 2 aliphatic rings. The van der Waals surface area contributed by atoms with E-state index in [0.717, 1.165) is 71.1 Å². The number of fused-ring (bicyclic) bond motifs is 6. The molecule has 108 heavy (non-hydrogen) atoms. The van der Waals surface area contributed by atoms with Gasteiger partial charge >= 0.3 is 47.5 Å². The van der Waals surface area contributed by atoms with Crippen LogP contribution in [0.3, 0.4) is 0 Å². The van der Waals surface area contributed by atoms with Gasteiger partial charge in [0.1, 0.15) is 42.2 Å². The van der Waals surface area contributed by atoms with Crippen molar-refractivity contribution in [3.8, 4) is 17.2 Å². The van der Waals surface area contributed by atoms with Gasteiger partial charge in [-0.15, -0.1) is 0 Å². The van der Waals surface area contributed by atoms with Crippen molar-refractivity contribution in [3.05, 3.63) is 163 Å². The Balaban J connectivity index is 0.000000204. The first-order chi connectivity index (χ1) is 51.4. The summed E-state index contributed by atoms with van der Waals surface area (Å²) in [6, 6.07) is 28.1. The number of esters is 4. The summed E-state index contributed by atoms with van der Waals surface area (Å²) in [5, 5.41) is 39.4. The fourth-order valence-corrected chi connectivity index (χ4v) is 12.5. The number of para-hydroxylation sites is 2. The number of hydrogen-bond donors (Lipinski definition) is 2. The molecule has 10 atom stereocenters. The van der Waals surface area contributed by atoms with Crippen molar-refractivity contribution in [1.29, 1.82) is 0 Å². The van der Waals surface area contributed by atoms with E-state index in [4.69, 9.17) is 57.8 Å². The van der Waals surface area contributed by atoms with E-state index in [0.29, 0.717) is 47.1 Å². The third-order valence-electron chi connectivity index (χ3n) is 17.2. The molecule has 2 saturated heterocycles. The fourth-order valence-electron chi connectivity index (χ4n) is 12.5. The molecule has 0 saturated carbocycles. The van der Waals surface area contributed by atoms with Crippen LogP contribution in [0.25, 0.3) is 43.9 Å². The number of nitrogens with one attached hydrogen (secondary N) is 1. The number of carbonyl (C=O) groups excluding carboxylic acids is 6. The summed E-state index contributed by atoms with van der Waals surface area (Å²) < 4.78 is 65.1. The molecule has 1 amide bonds. The Kier molecular flexibility index (Phi) is 26.4. The number of nitrogens with two attached hydrogens (primary N) is 1. The van der Waals surface area contributed by atoms with Crippen LogP contribution in [0.15, 0.2) is 122 Å². The number of nitrogen functional groups attached to an aromatic ring is 1. The highest BCUT2D eigenvalue weighted by molar-refractivity contribution is 6.09. The summed E-state index contributed by atoms with van der Waals surface area (Å²) in [5.74, 6) is -2.11. The van der Waals surface area contributed by atoms with Crippen molar-refractivity contribution < 1.29 is 95.6 Å². The van der Waals surface area contributed by atoms with Gasteiger partial charge in [0.25, 0.3) is 5.69 Å². The van der Waals surface area contributed by atoms with E-state index < -0.39 is 118 Å². The monoisotopic (exact) mass is 1490 g/mol. The quantitative estimate of drug-likeness (QED) is 0.0197. The van der Waals surface area contributed by atoms with Crippen LogP contribution in [0, 0.1) is 54.0 Å². The van der Waals surface area contributed by atoms with E-state index in [-0.39, 0.29) is 52.8 Å². The number of carbonyl (C=O) groups is 6. The third-order valence-corrected chi connectivity index (χ3v) is 17.2. The maximum absolute atomic E-state index is 13.0. The molecule has 4 aromatic heterocycles. The number of benzene rings is 5. The van der Waals surface area contributed by atoms with Gasteiger partial charge in [-0.25, -0.2) is 29.5 Å². The molecule has 0 radical (unpaired) electrons. The van der Waals surface area contributed by atoms with Crippen molar-refractivity contribution >= 4 is 109 Å². The van der Waals surface area contributed by atoms with Gasteiger partial charge in [0.05, 0.1) is 61.7 Å². The van der Waals surface area contributed by atoms with Gasteiger partial charge in [-0.05, 0) is 72.2 Å². The molecule has 0 bridgehead atoms. The number of rotatable bonds is 23. The van der Waals surface area contributed by atoms with Gasteiger partial charge in [-0.1, -0.05) is 104 Å². The molecule has 11 rings (SSSR count). The lowest BCUT2D eigenvalue weighted by atomic mass is 9.89. The second-order valence-corrected chi connectivity index (χ2v) is 26.3. The molecule has 6 heterocycles. The highest BCUT2D eigenvalue weighted by Crippen LogP contribution is 2.40. The number of imidazole rings is 2. The number of anilines is 2. The number of aromatic nitrogens is 6. The van der Waals surface area contributed by atoms with Crippen LogP contribution in [-0.4, -0.2) is 129 Å². The van der Waals surface area contributed by atoms with E-state index in [2.05, 4.69) is 63.6 Å². The summed E-state index contributed by atoms with van der Waals surface area (Å²) >= 11 is 0. The van der Waals surface area contributed by atoms with Crippen LogP contribution in [0.1, 0.15) is 107 Å². The van der Waals surface area contributed by atoms with Gasteiger partial charge in [0.15, 0.2) is 23.1 Å². The molecule has 572 valence electrons. The molecule has 3 N–H and O–H groups in total. The summed E-state index contributed by atoms with van der Waals surface area (Å²) in [7, 11) is 0. The molecule has 0 unspecified atom stereocenters. The minimum absolute atomic E-state index is 0.00287. The van der Waals surface area contributed by atoms with E-state index in [1.165, 1.54) is 63.2 Å². The van der Waals surface area contributed by atoms with Crippen LogP contribution in [-0.2, 0) is 83.4 Å². The van der Waals surface area contributed by atoms with E-state index >= 15 is 0 Å². The largest absolute Gasteiger partial charge is 0.514 e. The predicted molar refractivity (Wildman–Crippen MR) is 388 cm³/mol. The fraction of sp³-hybridized carbons (Fsp3) is 0.405. The highest BCUT2D eigenvalue weighted by Gasteiger charge is 2.51. The molecule has 2 fully saturated rings. The normalized spacial score (nSPS) is 19.5. The van der Waals surface area contributed by atoms with Gasteiger partial charge in [0, 0.05) is 87.7 Å². The molecule has 0 aliphatic carbocycles. The maximum atomic E-state index is 13.0. The second-order valence-electron chi connectivity index (χ2n) is 26.3. The Labute approximate surface area is 617 Å². The predicted octanol–water partition coefficient (Wildman–Crippen LogP) is 13.0. The number of nitro benzene ring substituents is 3. The number of hydrogen-bond acceptors (Lipinski definition) is 28. The lowest BCUT2D eigenvalue weighted by molar-refractivity contribution is -0.387. The first kappa shape index (κ1) is 79.9. The number of ether oxygens (including phenoxy) is 11. The molecule has 5 aromatic carbocycles. The Morgan fingerprint density at radius 1 is 0.556 bits per heavy atom. The SMILES string of the molecule is CC(C)Cn1cnc2c(N)nc3ccccc3c21.CC[C@H]1O[C@H](Oc2ccc(COC(=O)Nc3nc4ccccc4c4c3ncn4CC(C)C)cc2[N+](=O)[O-])[C@@H](OC(C)=O)[C@@H](OC(C)=O)[C@@H]1C.CC[C@H]1O[C@H](Oc2ccc(COC(=O)Oc3ccc([N+](=O)[O-])cc3)cc2[N+](=O)[O-])[C@@H](OC(C)=O)[C@@H](OC(C)=O)[C@@H]1C. The van der Waals surface area contributed by atoms with Crippen LogP contribution < -0.4 is 25.3 Å². The maximum Gasteiger partial charge on any atom is 0.514 e. The average molecular weight is 1490 g/mol. The molecule has 9 aromatic rings. The average Bonchev–Trinajstić information content (AvgIpc) is 1.56. The van der Waals surface area contributed by atoms with Crippen molar-refractivity contribution in [1.82, 2.24) is 29.1 Å². The number of amides is 1. The minimum Gasteiger partial charge on any atom is -0.458 e. The molecule has 2 aliphatic heterocycles. The zero-order chi connectivity index (χ0) is 78.4. The number of nitro groups is 3. The zero-order valence-corrected chi connectivity index (χ0v) is 61.2. The Morgan fingerprint density at radius 2 is 0.981 bits per heavy atom. The second kappa shape index (κ2) is 35.7. The topological polar surface area (TPSA) is 433 Å². The number of nitrogens with zero attached hydrogens (tertiary/aromatic N) is 9. The standard InChI is InChI=1S/C34H39N5O10.C26H28N2O13.C14H16N4/c1-7-26-19(4)30(46-20(5)40)31(47-21(6)41)33(48-26)49-27-13-12-22(14-25(27)39(43)44)16-45-34(42)37-32-28-29(38(17-35-28)15-18(2)3)23-10-8-9-11-24(23)36-32;1-5-21-14(2)23(37-15(3)29)24(38-16(4)30)25(40-21)41-22-11-6-17(12-20(22)28(34)35)13-36-26(31)39-19-9-7-18(8-10-19)27(32)33;1-9(2)7-18-8-16-12-13(18)10-5-3-4-6-11(10)17-14(12)15/h8-14,17-19,26,30-31,33H,7,15-16H2,1-6H3,(H,36,37,42);6-12,14,21,23-25H,5,13H2,1-4H3;3-6,8-9H,7H2,1-2H3,(H2,15,17)/t19-,26-,30+,31+,33-;14-,21-,23+,24+,25-;/m11./s1. The molecule has 0 spiro atoms. The zero-order valence-electron chi connectivity index (χ0n) is 61.2. The number of non-ortho nitro benzene ring substituents is 1. The lowest BCUT2D eigenvalue weighted by Crippen LogP contribution is -2.58. The Bertz CT molecular complexity index is 4800. The summed E-state index contributed by atoms with van der Waals surface area (Å²) in [4.78, 5) is 123. The van der Waals surface area contributed by atoms with Crippen LogP contribution in [0.2, 0.25) is 0 Å². The van der Waals surface area contributed by atoms with Crippen molar-refractivity contribution in [2.75, 3.05) is 11.1 Å². The molecular weight excluding hydrogens is 1410 g/mol. The Hall–Kier alpha value is -12.2. The highest BCUT2D eigenvalue weighted by atomic mass is 16.7. The first-order valence-electron chi connectivity index (χ1n) is 34.5. The minimum atomic E-state index is -1.35. The van der Waals surface area contributed by atoms with E-state index in [9.17, 15) is 59.1 Å². The van der Waals surface area contributed by atoms with E-state index in [1.54, 1.807) is 20.2 Å². The number of pyridine rings is 2. The van der Waals surface area contributed by atoms with Gasteiger partial charge in [-0.3, -0.25) is 54.8 Å². The van der Waals surface area contributed by atoms with Crippen LogP contribution in [0.4, 0.5) is 38.3 Å². The summed E-state index contributed by atoms with van der Waals surface area (Å²) in [5.41, 5.74) is 10.2. The lowest BCUT2D eigenvalue weighted by Gasteiger charge is -2.43. The Morgan fingerprint density at radius 3 is 1.42 bits per heavy atom. The van der Waals surface area contributed by atoms with Crippen molar-refractivity contribution in [2.45, 2.75) is 171 Å². The molecular formula is C74H83N11O23. The third kappa shape index (κ3) is 19.8. The van der Waals surface area contributed by atoms with Gasteiger partial charge in [-0.2, -0.15) is 0 Å². The summed E-state index contributed by atoms with van der Waals surface area (Å²) in [6.07, 6.45) is -5.29. The molecule has 34 heteroatoms. The van der Waals surface area contributed by atoms with Gasteiger partial charge in [0.2, 0.25) is 24.8 Å². The van der Waals surface area contributed by atoms with Crippen LogP contribution in [0.5, 0.6) is 17.2 Å². The first-order valence-corrected chi connectivity index (χ1v) is 34.5. The van der Waals surface area contributed by atoms with Gasteiger partial charge < -0.3 is 67.0 Å². The molecule has 34 nitrogen and oxygen atoms in total. The summed E-state index contributed by atoms with van der Waals surface area (Å²) in [6.45, 7) is 21.5. The van der Waals surface area contributed by atoms with Crippen molar-refractivity contribution in [3.63, 3.8) is 0 Å². The van der Waals surface area contributed by atoms with Crippen LogP contribution >= 0.6 is 0 Å².